The first kappa shape index (κ1) is 17.9. The molecule has 1 aliphatic carbocycles. The number of fused-ring (bicyclic) bond motifs is 1. The fraction of sp³-hybridized carbons (Fsp3) is 0.350. The summed E-state index contributed by atoms with van der Waals surface area (Å²) in [6, 6.07) is 7.09. The van der Waals surface area contributed by atoms with E-state index in [1.54, 1.807) is 24.3 Å². The second-order valence-corrected chi connectivity index (χ2v) is 6.79. The quantitative estimate of drug-likeness (QED) is 0.810. The standard InChI is InChI=1S/C20H24N4O2/c1-4-18(25)22-16-9-5-7-14(11-16)20(26)23-17-10-6-8-15-12-21-24(13(2)3)19(15)17/h4-5,7,9,11-13,17H,1,6,8,10H2,2-3H3,(H,22,25)(H,23,26). The Labute approximate surface area is 153 Å². The molecule has 1 aromatic carbocycles. The van der Waals surface area contributed by atoms with E-state index in [9.17, 15) is 9.59 Å². The number of anilines is 1. The molecule has 0 spiro atoms. The fourth-order valence-corrected chi connectivity index (χ4v) is 3.34. The summed E-state index contributed by atoms with van der Waals surface area (Å²) in [6.07, 6.45) is 6.03. The van der Waals surface area contributed by atoms with Crippen LogP contribution in [0.25, 0.3) is 0 Å². The zero-order chi connectivity index (χ0) is 18.7. The first-order valence-electron chi connectivity index (χ1n) is 8.90. The van der Waals surface area contributed by atoms with Crippen LogP contribution in [0.1, 0.15) is 60.4 Å². The van der Waals surface area contributed by atoms with Gasteiger partial charge in [0.25, 0.3) is 5.91 Å². The molecule has 0 radical (unpaired) electrons. The van der Waals surface area contributed by atoms with Crippen molar-refractivity contribution < 1.29 is 9.59 Å². The van der Waals surface area contributed by atoms with Crippen LogP contribution in [0.2, 0.25) is 0 Å². The van der Waals surface area contributed by atoms with Crippen LogP contribution >= 0.6 is 0 Å². The van der Waals surface area contributed by atoms with Crippen molar-refractivity contribution >= 4 is 17.5 Å². The Bertz CT molecular complexity index is 838. The first-order chi connectivity index (χ1) is 12.5. The van der Waals surface area contributed by atoms with E-state index < -0.39 is 0 Å². The van der Waals surface area contributed by atoms with Crippen LogP contribution in [0, 0.1) is 0 Å². The maximum Gasteiger partial charge on any atom is 0.251 e. The van der Waals surface area contributed by atoms with E-state index in [1.807, 2.05) is 10.9 Å². The highest BCUT2D eigenvalue weighted by Gasteiger charge is 2.27. The molecule has 1 unspecified atom stereocenters. The number of rotatable bonds is 5. The number of nitrogens with one attached hydrogen (secondary N) is 2. The van der Waals surface area contributed by atoms with Crippen molar-refractivity contribution in [3.8, 4) is 0 Å². The van der Waals surface area contributed by atoms with Gasteiger partial charge in [0, 0.05) is 17.3 Å². The normalized spacial score (nSPS) is 16.0. The highest BCUT2D eigenvalue weighted by molar-refractivity contribution is 6.00. The lowest BCUT2D eigenvalue weighted by Gasteiger charge is -2.26. The summed E-state index contributed by atoms with van der Waals surface area (Å²) in [6.45, 7) is 7.61. The van der Waals surface area contributed by atoms with E-state index in [1.165, 1.54) is 11.6 Å². The van der Waals surface area contributed by atoms with Crippen LogP contribution in [-0.2, 0) is 11.2 Å². The molecule has 1 atom stereocenters. The zero-order valence-electron chi connectivity index (χ0n) is 15.2. The van der Waals surface area contributed by atoms with Gasteiger partial charge >= 0.3 is 0 Å². The second kappa shape index (κ2) is 7.56. The Morgan fingerprint density at radius 1 is 1.38 bits per heavy atom. The average molecular weight is 352 g/mol. The Hall–Kier alpha value is -2.89. The van der Waals surface area contributed by atoms with Crippen molar-refractivity contribution in [1.82, 2.24) is 15.1 Å². The average Bonchev–Trinajstić information content (AvgIpc) is 3.07. The molecule has 0 fully saturated rings. The van der Waals surface area contributed by atoms with Crippen molar-refractivity contribution in [3.63, 3.8) is 0 Å². The summed E-state index contributed by atoms with van der Waals surface area (Å²) >= 11 is 0. The van der Waals surface area contributed by atoms with Gasteiger partial charge in [0.1, 0.15) is 0 Å². The molecule has 0 saturated carbocycles. The molecule has 1 aromatic heterocycles. The highest BCUT2D eigenvalue weighted by Crippen LogP contribution is 2.31. The summed E-state index contributed by atoms with van der Waals surface area (Å²) in [4.78, 5) is 24.2. The largest absolute Gasteiger partial charge is 0.344 e. The Morgan fingerprint density at radius 2 is 2.19 bits per heavy atom. The van der Waals surface area contributed by atoms with Crippen LogP contribution in [0.5, 0.6) is 0 Å². The van der Waals surface area contributed by atoms with Crippen LogP contribution < -0.4 is 10.6 Å². The van der Waals surface area contributed by atoms with Crippen LogP contribution in [0.15, 0.2) is 43.1 Å². The van der Waals surface area contributed by atoms with Crippen LogP contribution in [-0.4, -0.2) is 21.6 Å². The van der Waals surface area contributed by atoms with Gasteiger partial charge in [-0.25, -0.2) is 0 Å². The fourth-order valence-electron chi connectivity index (χ4n) is 3.34. The topological polar surface area (TPSA) is 76.0 Å². The van der Waals surface area contributed by atoms with Crippen LogP contribution in [0.3, 0.4) is 0 Å². The van der Waals surface area contributed by atoms with Crippen molar-refractivity contribution in [2.24, 2.45) is 0 Å². The summed E-state index contributed by atoms with van der Waals surface area (Å²) in [5.41, 5.74) is 3.40. The number of hydrogen-bond donors (Lipinski definition) is 2. The number of carbonyl (C=O) groups excluding carboxylic acids is 2. The van der Waals surface area contributed by atoms with Crippen molar-refractivity contribution in [2.75, 3.05) is 5.32 Å². The third kappa shape index (κ3) is 3.69. The molecule has 26 heavy (non-hydrogen) atoms. The van der Waals surface area contributed by atoms with Gasteiger partial charge in [0.15, 0.2) is 0 Å². The first-order valence-corrected chi connectivity index (χ1v) is 8.90. The van der Waals surface area contributed by atoms with Crippen LogP contribution in [0.4, 0.5) is 5.69 Å². The number of aryl methyl sites for hydroxylation is 1. The second-order valence-electron chi connectivity index (χ2n) is 6.79. The Morgan fingerprint density at radius 3 is 2.92 bits per heavy atom. The predicted octanol–water partition coefficient (Wildman–Crippen LogP) is 3.40. The minimum Gasteiger partial charge on any atom is -0.344 e. The highest BCUT2D eigenvalue weighted by atomic mass is 16.2. The minimum absolute atomic E-state index is 0.0532. The SMILES string of the molecule is C=CC(=O)Nc1cccc(C(=O)NC2CCCc3cnn(C(C)C)c32)c1. The molecule has 3 rings (SSSR count). The molecule has 1 aliphatic rings. The van der Waals surface area contributed by atoms with Gasteiger partial charge in [-0.3, -0.25) is 14.3 Å². The molecule has 6 heteroatoms. The molecule has 2 amide bonds. The molecular weight excluding hydrogens is 328 g/mol. The van der Waals surface area contributed by atoms with Gasteiger partial charge in [0.2, 0.25) is 5.91 Å². The number of nitrogens with zero attached hydrogens (tertiary/aromatic N) is 2. The van der Waals surface area contributed by atoms with E-state index >= 15 is 0 Å². The molecule has 0 aliphatic heterocycles. The smallest absolute Gasteiger partial charge is 0.251 e. The molecule has 2 aromatic rings. The van der Waals surface area contributed by atoms with E-state index in [2.05, 4.69) is 36.2 Å². The lowest BCUT2D eigenvalue weighted by Crippen LogP contribution is -2.32. The number of hydrogen-bond acceptors (Lipinski definition) is 3. The lowest BCUT2D eigenvalue weighted by atomic mass is 9.93. The van der Waals surface area contributed by atoms with E-state index in [-0.39, 0.29) is 23.9 Å². The summed E-state index contributed by atoms with van der Waals surface area (Å²) in [5.74, 6) is -0.464. The molecule has 6 nitrogen and oxygen atoms in total. The maximum atomic E-state index is 12.8. The van der Waals surface area contributed by atoms with Gasteiger partial charge in [-0.05, 0) is 62.9 Å². The molecule has 0 bridgehead atoms. The summed E-state index contributed by atoms with van der Waals surface area (Å²) < 4.78 is 2.00. The predicted molar refractivity (Wildman–Crippen MR) is 101 cm³/mol. The van der Waals surface area contributed by atoms with Crippen molar-refractivity contribution in [2.45, 2.75) is 45.2 Å². The van der Waals surface area contributed by atoms with Gasteiger partial charge in [-0.15, -0.1) is 0 Å². The summed E-state index contributed by atoms with van der Waals surface area (Å²) in [5, 5.41) is 10.3. The zero-order valence-corrected chi connectivity index (χ0v) is 15.2. The lowest BCUT2D eigenvalue weighted by molar-refractivity contribution is -0.111. The van der Waals surface area contributed by atoms with Crippen molar-refractivity contribution in [1.29, 1.82) is 0 Å². The Balaban J connectivity index is 1.79. The molecule has 0 saturated heterocycles. The molecule has 136 valence electrons. The minimum atomic E-state index is -0.305. The number of carbonyl (C=O) groups is 2. The molecule has 2 N–H and O–H groups in total. The van der Waals surface area contributed by atoms with Gasteiger partial charge in [-0.1, -0.05) is 12.6 Å². The Kier molecular flexibility index (Phi) is 5.21. The number of amides is 2. The monoisotopic (exact) mass is 352 g/mol. The van der Waals surface area contributed by atoms with E-state index in [0.29, 0.717) is 11.3 Å². The van der Waals surface area contributed by atoms with E-state index in [0.717, 1.165) is 25.0 Å². The van der Waals surface area contributed by atoms with Gasteiger partial charge in [0.05, 0.1) is 17.9 Å². The van der Waals surface area contributed by atoms with Gasteiger partial charge < -0.3 is 10.6 Å². The summed E-state index contributed by atoms with van der Waals surface area (Å²) in [7, 11) is 0. The molecular formula is C20H24N4O2. The molecule has 1 heterocycles. The number of benzene rings is 1. The third-order valence-electron chi connectivity index (χ3n) is 4.55. The van der Waals surface area contributed by atoms with E-state index in [4.69, 9.17) is 0 Å². The van der Waals surface area contributed by atoms with Gasteiger partial charge in [-0.2, -0.15) is 5.10 Å². The maximum absolute atomic E-state index is 12.8. The van der Waals surface area contributed by atoms with Crippen molar-refractivity contribution in [3.05, 3.63) is 59.9 Å². The number of aromatic nitrogens is 2. The third-order valence-corrected chi connectivity index (χ3v) is 4.55.